The van der Waals surface area contributed by atoms with E-state index in [1.807, 2.05) is 25.1 Å². The van der Waals surface area contributed by atoms with E-state index < -0.39 is 4.75 Å². The summed E-state index contributed by atoms with van der Waals surface area (Å²) < 4.78 is 12.3. The Labute approximate surface area is 151 Å². The van der Waals surface area contributed by atoms with Gasteiger partial charge in [-0.05, 0) is 62.2 Å². The fraction of sp³-hybridized carbons (Fsp3) is 0.211. The maximum Gasteiger partial charge on any atom is 0.146 e. The van der Waals surface area contributed by atoms with Gasteiger partial charge in [0.2, 0.25) is 0 Å². The van der Waals surface area contributed by atoms with Crippen molar-refractivity contribution in [1.82, 2.24) is 0 Å². The standard InChI is InChI=1S/C19H19ClFNOS/c1-13(23)19(3,12-15-5-4-6-16(20)11-15)24-14(2)22-18-9-7-17(21)8-10-18/h4-11,22H,2,12H2,1,3H3. The molecular weight excluding hydrogens is 345 g/mol. The van der Waals surface area contributed by atoms with Crippen LogP contribution in [0.15, 0.2) is 60.1 Å². The van der Waals surface area contributed by atoms with E-state index in [-0.39, 0.29) is 11.6 Å². The van der Waals surface area contributed by atoms with Gasteiger partial charge in [0.15, 0.2) is 0 Å². The average molecular weight is 364 g/mol. The summed E-state index contributed by atoms with van der Waals surface area (Å²) in [6.07, 6.45) is 0.539. The second kappa shape index (κ2) is 7.86. The molecule has 0 amide bonds. The molecule has 2 aromatic rings. The molecule has 0 saturated carbocycles. The third kappa shape index (κ3) is 5.11. The molecule has 1 unspecified atom stereocenters. The first-order valence-corrected chi connectivity index (χ1v) is 8.64. The van der Waals surface area contributed by atoms with Crippen molar-refractivity contribution in [3.63, 3.8) is 0 Å². The van der Waals surface area contributed by atoms with Gasteiger partial charge >= 0.3 is 0 Å². The van der Waals surface area contributed by atoms with Crippen LogP contribution in [0.5, 0.6) is 0 Å². The summed E-state index contributed by atoms with van der Waals surface area (Å²) >= 11 is 7.39. The molecule has 0 aromatic heterocycles. The Morgan fingerprint density at radius 2 is 1.96 bits per heavy atom. The summed E-state index contributed by atoms with van der Waals surface area (Å²) in [4.78, 5) is 12.2. The van der Waals surface area contributed by atoms with Gasteiger partial charge in [-0.25, -0.2) is 4.39 Å². The summed E-state index contributed by atoms with van der Waals surface area (Å²) in [7, 11) is 0. The lowest BCUT2D eigenvalue weighted by molar-refractivity contribution is -0.118. The SMILES string of the molecule is C=C(Nc1ccc(F)cc1)SC(C)(Cc1cccc(Cl)c1)C(C)=O. The fourth-order valence-electron chi connectivity index (χ4n) is 2.26. The first-order valence-electron chi connectivity index (χ1n) is 7.44. The van der Waals surface area contributed by atoms with Crippen LogP contribution in [0.25, 0.3) is 0 Å². The molecule has 5 heteroatoms. The van der Waals surface area contributed by atoms with Gasteiger partial charge in [-0.3, -0.25) is 4.79 Å². The van der Waals surface area contributed by atoms with Crippen molar-refractivity contribution < 1.29 is 9.18 Å². The van der Waals surface area contributed by atoms with Gasteiger partial charge in [0.25, 0.3) is 0 Å². The minimum Gasteiger partial charge on any atom is -0.351 e. The molecule has 126 valence electrons. The Morgan fingerprint density at radius 1 is 1.29 bits per heavy atom. The monoisotopic (exact) mass is 363 g/mol. The maximum atomic E-state index is 13.0. The fourth-order valence-corrected chi connectivity index (χ4v) is 3.57. The quantitative estimate of drug-likeness (QED) is 0.685. The van der Waals surface area contributed by atoms with Crippen LogP contribution >= 0.6 is 23.4 Å². The van der Waals surface area contributed by atoms with Gasteiger partial charge in [-0.1, -0.05) is 42.1 Å². The number of carbonyl (C=O) groups is 1. The summed E-state index contributed by atoms with van der Waals surface area (Å²) in [5.41, 5.74) is 1.71. The molecule has 0 aliphatic carbocycles. The Kier molecular flexibility index (Phi) is 6.08. The van der Waals surface area contributed by atoms with E-state index in [9.17, 15) is 9.18 Å². The smallest absolute Gasteiger partial charge is 0.146 e. The lowest BCUT2D eigenvalue weighted by atomic mass is 9.97. The molecule has 0 aliphatic rings. The molecule has 0 heterocycles. The van der Waals surface area contributed by atoms with Crippen LogP contribution in [0.2, 0.25) is 5.02 Å². The van der Waals surface area contributed by atoms with E-state index >= 15 is 0 Å². The Balaban J connectivity index is 2.10. The number of anilines is 1. The number of hydrogen-bond donors (Lipinski definition) is 1. The lowest BCUT2D eigenvalue weighted by Gasteiger charge is -2.27. The molecule has 2 aromatic carbocycles. The van der Waals surface area contributed by atoms with E-state index in [0.717, 1.165) is 11.3 Å². The molecule has 0 radical (unpaired) electrons. The molecule has 2 rings (SSSR count). The molecule has 1 N–H and O–H groups in total. The second-order valence-corrected chi connectivity index (χ2v) is 7.79. The number of Topliss-reactive ketones (excluding diaryl/α,β-unsaturated/α-hetero) is 1. The van der Waals surface area contributed by atoms with Gasteiger partial charge in [0, 0.05) is 10.7 Å². The first-order chi connectivity index (χ1) is 11.3. The van der Waals surface area contributed by atoms with Crippen molar-refractivity contribution in [3.8, 4) is 0 Å². The predicted octanol–water partition coefficient (Wildman–Crippen LogP) is 5.69. The molecule has 24 heavy (non-hydrogen) atoms. The third-order valence-electron chi connectivity index (χ3n) is 3.65. The van der Waals surface area contributed by atoms with Gasteiger partial charge in [-0.15, -0.1) is 0 Å². The number of ketones is 1. The average Bonchev–Trinajstić information content (AvgIpc) is 2.49. The van der Waals surface area contributed by atoms with E-state index in [0.29, 0.717) is 16.5 Å². The largest absolute Gasteiger partial charge is 0.351 e. The molecule has 0 aliphatic heterocycles. The molecular formula is C19H19ClFNOS. The highest BCUT2D eigenvalue weighted by Crippen LogP contribution is 2.36. The first kappa shape index (κ1) is 18.6. The topological polar surface area (TPSA) is 29.1 Å². The van der Waals surface area contributed by atoms with Crippen molar-refractivity contribution >= 4 is 34.8 Å². The van der Waals surface area contributed by atoms with Crippen LogP contribution in [0.1, 0.15) is 19.4 Å². The van der Waals surface area contributed by atoms with E-state index in [1.165, 1.54) is 23.9 Å². The van der Waals surface area contributed by atoms with E-state index in [2.05, 4.69) is 11.9 Å². The molecule has 0 fully saturated rings. The van der Waals surface area contributed by atoms with Crippen molar-refractivity contribution in [2.75, 3.05) is 5.32 Å². The predicted molar refractivity (Wildman–Crippen MR) is 101 cm³/mol. The Morgan fingerprint density at radius 3 is 2.54 bits per heavy atom. The summed E-state index contributed by atoms with van der Waals surface area (Å²) in [6.45, 7) is 7.44. The molecule has 0 saturated heterocycles. The third-order valence-corrected chi connectivity index (χ3v) is 5.12. The van der Waals surface area contributed by atoms with Crippen LogP contribution in [-0.4, -0.2) is 10.5 Å². The Bertz CT molecular complexity index is 747. The van der Waals surface area contributed by atoms with Gasteiger partial charge in [-0.2, -0.15) is 0 Å². The molecule has 0 spiro atoms. The van der Waals surface area contributed by atoms with Crippen LogP contribution in [-0.2, 0) is 11.2 Å². The van der Waals surface area contributed by atoms with Crippen LogP contribution < -0.4 is 5.32 Å². The number of benzene rings is 2. The zero-order valence-electron chi connectivity index (χ0n) is 13.6. The normalized spacial score (nSPS) is 13.2. The highest BCUT2D eigenvalue weighted by Gasteiger charge is 2.32. The van der Waals surface area contributed by atoms with Gasteiger partial charge in [0.05, 0.1) is 9.78 Å². The number of thioether (sulfide) groups is 1. The number of halogens is 2. The Hall–Kier alpha value is -1.78. The van der Waals surface area contributed by atoms with Crippen molar-refractivity contribution in [3.05, 3.63) is 76.5 Å². The summed E-state index contributed by atoms with van der Waals surface area (Å²) in [5, 5.41) is 4.37. The van der Waals surface area contributed by atoms with Crippen molar-refractivity contribution in [2.24, 2.45) is 0 Å². The summed E-state index contributed by atoms with van der Waals surface area (Å²) in [6, 6.07) is 13.5. The number of carbonyl (C=O) groups excluding carboxylic acids is 1. The molecule has 0 bridgehead atoms. The zero-order valence-corrected chi connectivity index (χ0v) is 15.2. The number of rotatable bonds is 7. The van der Waals surface area contributed by atoms with E-state index in [1.54, 1.807) is 25.1 Å². The zero-order chi connectivity index (χ0) is 17.7. The van der Waals surface area contributed by atoms with Crippen LogP contribution in [0.3, 0.4) is 0 Å². The molecule has 2 nitrogen and oxygen atoms in total. The van der Waals surface area contributed by atoms with Crippen molar-refractivity contribution in [2.45, 2.75) is 25.0 Å². The summed E-state index contributed by atoms with van der Waals surface area (Å²) in [5.74, 6) is -0.247. The van der Waals surface area contributed by atoms with Crippen molar-refractivity contribution in [1.29, 1.82) is 0 Å². The highest BCUT2D eigenvalue weighted by molar-refractivity contribution is 8.05. The number of hydrogen-bond acceptors (Lipinski definition) is 3. The van der Waals surface area contributed by atoms with Crippen LogP contribution in [0.4, 0.5) is 10.1 Å². The highest BCUT2D eigenvalue weighted by atomic mass is 35.5. The van der Waals surface area contributed by atoms with E-state index in [4.69, 9.17) is 11.6 Å². The minimum absolute atomic E-state index is 0.0505. The lowest BCUT2D eigenvalue weighted by Crippen LogP contribution is -2.32. The van der Waals surface area contributed by atoms with Crippen LogP contribution in [0, 0.1) is 5.82 Å². The maximum absolute atomic E-state index is 13.0. The van der Waals surface area contributed by atoms with Gasteiger partial charge in [0.1, 0.15) is 11.6 Å². The van der Waals surface area contributed by atoms with Gasteiger partial charge < -0.3 is 5.32 Å². The number of nitrogens with one attached hydrogen (secondary N) is 1. The minimum atomic E-state index is -0.672. The molecule has 1 atom stereocenters. The second-order valence-electron chi connectivity index (χ2n) is 5.75.